The van der Waals surface area contributed by atoms with Crippen molar-refractivity contribution >= 4 is 5.91 Å². The summed E-state index contributed by atoms with van der Waals surface area (Å²) >= 11 is 0. The fraction of sp³-hybridized carbons (Fsp3) is 0.368. The van der Waals surface area contributed by atoms with Crippen LogP contribution in [0.1, 0.15) is 30.5 Å². The lowest BCUT2D eigenvalue weighted by Gasteiger charge is -2.06. The highest BCUT2D eigenvalue weighted by Crippen LogP contribution is 2.18. The standard InChI is InChI=1S/C19H23N5O3/c1-4-26-15-7-5-14(6-8-15)12-20-17(25)9-10-18-21-22-19(27-18)16-11-13(2)23-24(16)3/h5-8,11H,4,9-10,12H2,1-3H3,(H,20,25). The molecule has 3 rings (SSSR count). The number of carbonyl (C=O) groups excluding carboxylic acids is 1. The molecule has 1 N–H and O–H groups in total. The molecule has 0 atom stereocenters. The van der Waals surface area contributed by atoms with E-state index in [1.807, 2.05) is 51.2 Å². The predicted octanol–water partition coefficient (Wildman–Crippen LogP) is 2.43. The van der Waals surface area contributed by atoms with Crippen LogP contribution in [0.15, 0.2) is 34.7 Å². The fourth-order valence-electron chi connectivity index (χ4n) is 2.65. The van der Waals surface area contributed by atoms with E-state index in [0.717, 1.165) is 22.7 Å². The third kappa shape index (κ3) is 4.93. The van der Waals surface area contributed by atoms with E-state index in [-0.39, 0.29) is 12.3 Å². The zero-order valence-corrected chi connectivity index (χ0v) is 15.7. The first kappa shape index (κ1) is 18.6. The van der Waals surface area contributed by atoms with Gasteiger partial charge in [0.05, 0.1) is 12.3 Å². The van der Waals surface area contributed by atoms with E-state index >= 15 is 0 Å². The number of carbonyl (C=O) groups is 1. The van der Waals surface area contributed by atoms with E-state index in [1.54, 1.807) is 4.68 Å². The van der Waals surface area contributed by atoms with Gasteiger partial charge in [0.25, 0.3) is 5.89 Å². The zero-order valence-electron chi connectivity index (χ0n) is 15.7. The van der Waals surface area contributed by atoms with Crippen molar-refractivity contribution in [2.24, 2.45) is 7.05 Å². The summed E-state index contributed by atoms with van der Waals surface area (Å²) in [5.41, 5.74) is 2.64. The van der Waals surface area contributed by atoms with Crippen LogP contribution >= 0.6 is 0 Å². The molecule has 8 heteroatoms. The van der Waals surface area contributed by atoms with Gasteiger partial charge in [-0.3, -0.25) is 9.48 Å². The molecule has 0 aliphatic heterocycles. The number of ether oxygens (including phenoxy) is 1. The molecule has 1 amide bonds. The van der Waals surface area contributed by atoms with Crippen LogP contribution in [-0.2, 0) is 24.8 Å². The molecule has 0 fully saturated rings. The molecule has 0 saturated heterocycles. The first-order valence-electron chi connectivity index (χ1n) is 8.87. The Bertz CT molecular complexity index is 898. The van der Waals surface area contributed by atoms with Gasteiger partial charge in [-0.25, -0.2) is 0 Å². The Kier molecular flexibility index (Phi) is 5.85. The molecule has 2 heterocycles. The van der Waals surface area contributed by atoms with Crippen LogP contribution in [0.5, 0.6) is 5.75 Å². The van der Waals surface area contributed by atoms with Crippen LogP contribution in [0.2, 0.25) is 0 Å². The first-order chi connectivity index (χ1) is 13.0. The molecule has 0 radical (unpaired) electrons. The van der Waals surface area contributed by atoms with Crippen molar-refractivity contribution in [1.82, 2.24) is 25.3 Å². The maximum atomic E-state index is 12.1. The van der Waals surface area contributed by atoms with Crippen LogP contribution < -0.4 is 10.1 Å². The minimum Gasteiger partial charge on any atom is -0.494 e. The van der Waals surface area contributed by atoms with Gasteiger partial charge < -0.3 is 14.5 Å². The minimum absolute atomic E-state index is 0.0694. The molecular weight excluding hydrogens is 346 g/mol. The molecule has 0 saturated carbocycles. The van der Waals surface area contributed by atoms with Gasteiger partial charge >= 0.3 is 0 Å². The first-order valence-corrected chi connectivity index (χ1v) is 8.87. The number of rotatable bonds is 8. The number of hydrogen-bond acceptors (Lipinski definition) is 6. The molecule has 27 heavy (non-hydrogen) atoms. The predicted molar refractivity (Wildman–Crippen MR) is 99.0 cm³/mol. The van der Waals surface area contributed by atoms with E-state index in [0.29, 0.717) is 31.4 Å². The van der Waals surface area contributed by atoms with E-state index in [9.17, 15) is 4.79 Å². The van der Waals surface area contributed by atoms with Gasteiger partial charge in [0, 0.05) is 26.4 Å². The molecule has 0 spiro atoms. The lowest BCUT2D eigenvalue weighted by Crippen LogP contribution is -2.23. The summed E-state index contributed by atoms with van der Waals surface area (Å²) in [7, 11) is 1.82. The maximum absolute atomic E-state index is 12.1. The second kappa shape index (κ2) is 8.48. The molecule has 0 aliphatic rings. The third-order valence-electron chi connectivity index (χ3n) is 3.98. The number of nitrogens with one attached hydrogen (secondary N) is 1. The van der Waals surface area contributed by atoms with Crippen molar-refractivity contribution in [3.05, 3.63) is 47.5 Å². The lowest BCUT2D eigenvalue weighted by molar-refractivity contribution is -0.121. The number of aromatic nitrogens is 4. The monoisotopic (exact) mass is 369 g/mol. The largest absolute Gasteiger partial charge is 0.494 e. The Labute approximate surface area is 157 Å². The number of benzene rings is 1. The molecule has 1 aromatic carbocycles. The Balaban J connectivity index is 1.47. The van der Waals surface area contributed by atoms with Gasteiger partial charge in [0.2, 0.25) is 11.8 Å². The van der Waals surface area contributed by atoms with Crippen LogP contribution in [0.3, 0.4) is 0 Å². The van der Waals surface area contributed by atoms with Gasteiger partial charge in [-0.05, 0) is 37.6 Å². The zero-order chi connectivity index (χ0) is 19.2. The highest BCUT2D eigenvalue weighted by atomic mass is 16.5. The number of aryl methyl sites for hydroxylation is 3. The van der Waals surface area contributed by atoms with Crippen LogP contribution in [0, 0.1) is 6.92 Å². The SMILES string of the molecule is CCOc1ccc(CNC(=O)CCc2nnc(-c3cc(C)nn3C)o2)cc1. The fourth-order valence-corrected chi connectivity index (χ4v) is 2.65. The summed E-state index contributed by atoms with van der Waals surface area (Å²) < 4.78 is 12.7. The van der Waals surface area contributed by atoms with Crippen LogP contribution in [0.25, 0.3) is 11.6 Å². The topological polar surface area (TPSA) is 95.1 Å². The molecular formula is C19H23N5O3. The summed E-state index contributed by atoms with van der Waals surface area (Å²) in [4.78, 5) is 12.1. The van der Waals surface area contributed by atoms with Gasteiger partial charge in [-0.1, -0.05) is 12.1 Å². The normalized spacial score (nSPS) is 10.8. The van der Waals surface area contributed by atoms with E-state index in [4.69, 9.17) is 9.15 Å². The second-order valence-corrected chi connectivity index (χ2v) is 6.15. The maximum Gasteiger partial charge on any atom is 0.265 e. The Morgan fingerprint density at radius 2 is 2.04 bits per heavy atom. The van der Waals surface area contributed by atoms with Gasteiger partial charge in [-0.2, -0.15) is 5.10 Å². The molecule has 0 aliphatic carbocycles. The molecule has 0 unspecified atom stereocenters. The Hall–Kier alpha value is -3.16. The van der Waals surface area contributed by atoms with Gasteiger partial charge in [0.15, 0.2) is 0 Å². The summed E-state index contributed by atoms with van der Waals surface area (Å²) in [5.74, 6) is 1.59. The number of hydrogen-bond donors (Lipinski definition) is 1. The Morgan fingerprint density at radius 1 is 1.26 bits per heavy atom. The van der Waals surface area contributed by atoms with E-state index < -0.39 is 0 Å². The summed E-state index contributed by atoms with van der Waals surface area (Å²) in [6, 6.07) is 9.54. The van der Waals surface area contributed by atoms with Crippen molar-refractivity contribution < 1.29 is 13.9 Å². The second-order valence-electron chi connectivity index (χ2n) is 6.15. The van der Waals surface area contributed by atoms with Crippen molar-refractivity contribution in [1.29, 1.82) is 0 Å². The lowest BCUT2D eigenvalue weighted by atomic mass is 10.2. The quantitative estimate of drug-likeness (QED) is 0.655. The molecule has 3 aromatic rings. The minimum atomic E-state index is -0.0694. The average molecular weight is 369 g/mol. The molecule has 142 valence electrons. The van der Waals surface area contributed by atoms with Crippen LogP contribution in [-0.4, -0.2) is 32.5 Å². The van der Waals surface area contributed by atoms with Gasteiger partial charge in [0.1, 0.15) is 11.4 Å². The van der Waals surface area contributed by atoms with Crippen molar-refractivity contribution in [2.75, 3.05) is 6.61 Å². The Morgan fingerprint density at radius 3 is 2.70 bits per heavy atom. The van der Waals surface area contributed by atoms with Gasteiger partial charge in [-0.15, -0.1) is 10.2 Å². The molecule has 8 nitrogen and oxygen atoms in total. The third-order valence-corrected chi connectivity index (χ3v) is 3.98. The smallest absolute Gasteiger partial charge is 0.265 e. The summed E-state index contributed by atoms with van der Waals surface area (Å²) in [6.45, 7) is 4.94. The van der Waals surface area contributed by atoms with Crippen molar-refractivity contribution in [3.8, 4) is 17.3 Å². The number of nitrogens with zero attached hydrogens (tertiary/aromatic N) is 4. The van der Waals surface area contributed by atoms with E-state index in [1.165, 1.54) is 0 Å². The molecule has 0 bridgehead atoms. The van der Waals surface area contributed by atoms with Crippen molar-refractivity contribution in [3.63, 3.8) is 0 Å². The highest BCUT2D eigenvalue weighted by molar-refractivity contribution is 5.76. The number of amides is 1. The highest BCUT2D eigenvalue weighted by Gasteiger charge is 2.14. The summed E-state index contributed by atoms with van der Waals surface area (Å²) in [6.07, 6.45) is 0.669. The summed E-state index contributed by atoms with van der Waals surface area (Å²) in [5, 5.41) is 15.2. The van der Waals surface area contributed by atoms with Crippen LogP contribution in [0.4, 0.5) is 0 Å². The van der Waals surface area contributed by atoms with E-state index in [2.05, 4.69) is 20.6 Å². The van der Waals surface area contributed by atoms with Crippen molar-refractivity contribution in [2.45, 2.75) is 33.2 Å². The average Bonchev–Trinajstić information content (AvgIpc) is 3.25. The molecule has 2 aromatic heterocycles.